The Bertz CT molecular complexity index is 590. The Balaban J connectivity index is 2.54. The smallest absolute Gasteiger partial charge is 0.115 e. The van der Waals surface area contributed by atoms with Gasteiger partial charge in [-0.1, -0.05) is 12.1 Å². The minimum atomic E-state index is 0.0864. The van der Waals surface area contributed by atoms with Crippen molar-refractivity contribution < 1.29 is 5.11 Å². The fourth-order valence-electron chi connectivity index (χ4n) is 1.59. The van der Waals surface area contributed by atoms with Gasteiger partial charge in [-0.25, -0.2) is 4.98 Å². The predicted molar refractivity (Wildman–Crippen MR) is 69.0 cm³/mol. The minimum Gasteiger partial charge on any atom is -0.396 e. The summed E-state index contributed by atoms with van der Waals surface area (Å²) in [5.74, 6) is 0.555. The van der Waals surface area contributed by atoms with Crippen LogP contribution in [0.4, 0.5) is 0 Å². The third kappa shape index (κ3) is 2.57. The molecule has 0 bridgehead atoms. The molecule has 2 rings (SSSR count). The standard InChI is InChI=1S/C13H12N2OS/c1-9-2-3-10-7-11(8-14)13(17-5-4-16)15-12(10)6-9/h2-3,6-7,16H,4-5H2,1H3. The molecular weight excluding hydrogens is 232 g/mol. The van der Waals surface area contributed by atoms with Crippen molar-refractivity contribution >= 4 is 22.7 Å². The molecule has 0 aliphatic heterocycles. The largest absolute Gasteiger partial charge is 0.396 e. The van der Waals surface area contributed by atoms with Gasteiger partial charge in [0.05, 0.1) is 17.7 Å². The molecule has 1 aromatic heterocycles. The first-order valence-corrected chi connectivity index (χ1v) is 6.28. The molecule has 0 aliphatic carbocycles. The van der Waals surface area contributed by atoms with Gasteiger partial charge in [0, 0.05) is 11.1 Å². The number of hydrogen-bond acceptors (Lipinski definition) is 4. The molecule has 0 unspecified atom stereocenters. The van der Waals surface area contributed by atoms with Crippen LogP contribution >= 0.6 is 11.8 Å². The van der Waals surface area contributed by atoms with E-state index in [4.69, 9.17) is 10.4 Å². The summed E-state index contributed by atoms with van der Waals surface area (Å²) in [4.78, 5) is 4.47. The van der Waals surface area contributed by atoms with Gasteiger partial charge in [-0.2, -0.15) is 5.26 Å². The molecule has 1 heterocycles. The van der Waals surface area contributed by atoms with Crippen LogP contribution in [0.15, 0.2) is 29.3 Å². The van der Waals surface area contributed by atoms with E-state index in [2.05, 4.69) is 11.1 Å². The highest BCUT2D eigenvalue weighted by Crippen LogP contribution is 2.24. The van der Waals surface area contributed by atoms with Crippen LogP contribution in [0, 0.1) is 18.3 Å². The molecule has 0 amide bonds. The van der Waals surface area contributed by atoms with Gasteiger partial charge in [0.2, 0.25) is 0 Å². The van der Waals surface area contributed by atoms with Gasteiger partial charge >= 0.3 is 0 Å². The molecule has 86 valence electrons. The van der Waals surface area contributed by atoms with E-state index in [0.717, 1.165) is 16.5 Å². The summed E-state index contributed by atoms with van der Waals surface area (Å²) in [6.07, 6.45) is 0. The van der Waals surface area contributed by atoms with E-state index in [1.165, 1.54) is 11.8 Å². The number of rotatable bonds is 3. The van der Waals surface area contributed by atoms with Crippen molar-refractivity contribution in [2.45, 2.75) is 11.9 Å². The zero-order chi connectivity index (χ0) is 12.3. The first kappa shape index (κ1) is 11.9. The van der Waals surface area contributed by atoms with E-state index in [9.17, 15) is 0 Å². The first-order chi connectivity index (χ1) is 8.24. The Morgan fingerprint density at radius 3 is 2.94 bits per heavy atom. The van der Waals surface area contributed by atoms with Crippen molar-refractivity contribution in [3.05, 3.63) is 35.4 Å². The first-order valence-electron chi connectivity index (χ1n) is 5.30. The molecule has 1 N–H and O–H groups in total. The normalized spacial score (nSPS) is 10.4. The summed E-state index contributed by atoms with van der Waals surface area (Å²) in [6.45, 7) is 2.10. The number of nitrogens with zero attached hydrogens (tertiary/aromatic N) is 2. The number of aryl methyl sites for hydroxylation is 1. The highest BCUT2D eigenvalue weighted by Gasteiger charge is 2.07. The maximum atomic E-state index is 9.07. The third-order valence-electron chi connectivity index (χ3n) is 2.39. The molecule has 0 saturated carbocycles. The van der Waals surface area contributed by atoms with Crippen LogP contribution < -0.4 is 0 Å². The fourth-order valence-corrected chi connectivity index (χ4v) is 2.30. The van der Waals surface area contributed by atoms with Crippen molar-refractivity contribution in [1.82, 2.24) is 4.98 Å². The second-order valence-corrected chi connectivity index (χ2v) is 4.80. The molecule has 0 fully saturated rings. The Morgan fingerprint density at radius 2 is 2.24 bits per heavy atom. The van der Waals surface area contributed by atoms with Crippen LogP contribution in [0.1, 0.15) is 11.1 Å². The average molecular weight is 244 g/mol. The van der Waals surface area contributed by atoms with Crippen molar-refractivity contribution in [3.8, 4) is 6.07 Å². The van der Waals surface area contributed by atoms with E-state index in [1.54, 1.807) is 0 Å². The summed E-state index contributed by atoms with van der Waals surface area (Å²) in [7, 11) is 0. The summed E-state index contributed by atoms with van der Waals surface area (Å²) in [6, 6.07) is 9.97. The molecule has 0 aliphatic rings. The second-order valence-electron chi connectivity index (χ2n) is 3.72. The molecular formula is C13H12N2OS. The number of fused-ring (bicyclic) bond motifs is 1. The van der Waals surface area contributed by atoms with Gasteiger partial charge in [0.15, 0.2) is 0 Å². The number of nitriles is 1. The molecule has 0 atom stereocenters. The lowest BCUT2D eigenvalue weighted by Gasteiger charge is -2.05. The van der Waals surface area contributed by atoms with E-state index in [0.29, 0.717) is 16.3 Å². The zero-order valence-electron chi connectivity index (χ0n) is 9.47. The molecule has 1 aromatic carbocycles. The number of aliphatic hydroxyl groups is 1. The van der Waals surface area contributed by atoms with E-state index in [-0.39, 0.29) is 6.61 Å². The molecule has 4 heteroatoms. The number of hydrogen-bond donors (Lipinski definition) is 1. The fraction of sp³-hybridized carbons (Fsp3) is 0.231. The Hall–Kier alpha value is -1.57. The van der Waals surface area contributed by atoms with Crippen molar-refractivity contribution in [2.24, 2.45) is 0 Å². The molecule has 17 heavy (non-hydrogen) atoms. The van der Waals surface area contributed by atoms with Gasteiger partial charge < -0.3 is 5.11 Å². The van der Waals surface area contributed by atoms with Crippen LogP contribution in [0.3, 0.4) is 0 Å². The van der Waals surface area contributed by atoms with Crippen molar-refractivity contribution in [3.63, 3.8) is 0 Å². The van der Waals surface area contributed by atoms with Crippen molar-refractivity contribution in [2.75, 3.05) is 12.4 Å². The van der Waals surface area contributed by atoms with Crippen LogP contribution in [-0.2, 0) is 0 Å². The summed E-state index contributed by atoms with van der Waals surface area (Å²) in [5.41, 5.74) is 2.61. The number of aromatic nitrogens is 1. The van der Waals surface area contributed by atoms with Gasteiger partial charge in [-0.3, -0.25) is 0 Å². The predicted octanol–water partition coefficient (Wildman–Crippen LogP) is 2.50. The van der Waals surface area contributed by atoms with Crippen LogP contribution in [-0.4, -0.2) is 22.5 Å². The van der Waals surface area contributed by atoms with Gasteiger partial charge in [-0.15, -0.1) is 11.8 Å². The topological polar surface area (TPSA) is 56.9 Å². The summed E-state index contributed by atoms with van der Waals surface area (Å²) < 4.78 is 0. The van der Waals surface area contributed by atoms with E-state index in [1.807, 2.05) is 31.2 Å². The number of thioether (sulfide) groups is 1. The van der Waals surface area contributed by atoms with E-state index < -0.39 is 0 Å². The maximum absolute atomic E-state index is 9.07. The minimum absolute atomic E-state index is 0.0864. The number of aliphatic hydroxyl groups excluding tert-OH is 1. The van der Waals surface area contributed by atoms with Crippen LogP contribution in [0.5, 0.6) is 0 Å². The lowest BCUT2D eigenvalue weighted by atomic mass is 10.1. The Morgan fingerprint density at radius 1 is 1.41 bits per heavy atom. The second kappa shape index (κ2) is 5.17. The van der Waals surface area contributed by atoms with Gasteiger partial charge in [-0.05, 0) is 24.6 Å². The molecule has 0 saturated heterocycles. The lowest BCUT2D eigenvalue weighted by molar-refractivity contribution is 0.322. The SMILES string of the molecule is Cc1ccc2cc(C#N)c(SCCO)nc2c1. The molecule has 0 radical (unpaired) electrons. The van der Waals surface area contributed by atoms with E-state index >= 15 is 0 Å². The third-order valence-corrected chi connectivity index (χ3v) is 3.36. The molecule has 0 spiro atoms. The highest BCUT2D eigenvalue weighted by atomic mass is 32.2. The number of benzene rings is 1. The van der Waals surface area contributed by atoms with Gasteiger partial charge in [0.1, 0.15) is 11.1 Å². The molecule has 2 aromatic rings. The van der Waals surface area contributed by atoms with Crippen LogP contribution in [0.2, 0.25) is 0 Å². The summed E-state index contributed by atoms with van der Waals surface area (Å²) in [5, 5.41) is 19.5. The average Bonchev–Trinajstić information content (AvgIpc) is 2.35. The Labute approximate surface area is 104 Å². The monoisotopic (exact) mass is 244 g/mol. The quantitative estimate of drug-likeness (QED) is 0.843. The van der Waals surface area contributed by atoms with Gasteiger partial charge in [0.25, 0.3) is 0 Å². The van der Waals surface area contributed by atoms with Crippen LogP contribution in [0.25, 0.3) is 10.9 Å². The highest BCUT2D eigenvalue weighted by molar-refractivity contribution is 7.99. The van der Waals surface area contributed by atoms with Crippen molar-refractivity contribution in [1.29, 1.82) is 5.26 Å². The zero-order valence-corrected chi connectivity index (χ0v) is 10.3. The summed E-state index contributed by atoms with van der Waals surface area (Å²) >= 11 is 1.41. The maximum Gasteiger partial charge on any atom is 0.115 e. The Kier molecular flexibility index (Phi) is 3.62. The lowest BCUT2D eigenvalue weighted by Crippen LogP contribution is -1.93. The molecule has 3 nitrogen and oxygen atoms in total. The number of pyridine rings is 1.